The van der Waals surface area contributed by atoms with Crippen LogP contribution < -0.4 is 0 Å². The van der Waals surface area contributed by atoms with Crippen LogP contribution in [0.1, 0.15) is 5.56 Å². The Kier molecular flexibility index (Phi) is 5.22. The number of nitriles is 1. The molecule has 0 aliphatic carbocycles. The quantitative estimate of drug-likeness (QED) is 0.208. The maximum atomic E-state index is 9.61. The van der Waals surface area contributed by atoms with E-state index in [1.165, 1.54) is 21.8 Å². The third-order valence-electron chi connectivity index (χ3n) is 8.11. The second-order valence-electron chi connectivity index (χ2n) is 10.5. The first-order valence-corrected chi connectivity index (χ1v) is 13.8. The Bertz CT molecular complexity index is 2400. The molecule has 194 valence electrons. The molecule has 8 aromatic rings. The number of benzene rings is 6. The fourth-order valence-electron chi connectivity index (χ4n) is 6.29. The predicted octanol–water partition coefficient (Wildman–Crippen LogP) is 9.97. The zero-order chi connectivity index (χ0) is 28.2. The summed E-state index contributed by atoms with van der Waals surface area (Å²) in [5, 5.41) is 14.3. The molecule has 2 heterocycles. The van der Waals surface area contributed by atoms with Gasteiger partial charge in [-0.2, -0.15) is 5.26 Å². The van der Waals surface area contributed by atoms with Crippen LogP contribution in [0, 0.1) is 17.9 Å². The molecule has 0 saturated heterocycles. The molecular formula is C38H22N4. The molecule has 0 fully saturated rings. The maximum Gasteiger partial charge on any atom is 0.190 e. The van der Waals surface area contributed by atoms with E-state index in [-0.39, 0.29) is 0 Å². The summed E-state index contributed by atoms with van der Waals surface area (Å²) in [6.07, 6.45) is 0. The van der Waals surface area contributed by atoms with Gasteiger partial charge in [0.05, 0.1) is 34.7 Å². The molecule has 4 heteroatoms. The molecule has 0 unspecified atom stereocenters. The van der Waals surface area contributed by atoms with Crippen molar-refractivity contribution in [3.8, 4) is 28.6 Å². The minimum atomic E-state index is 0.453. The van der Waals surface area contributed by atoms with Gasteiger partial charge in [-0.25, -0.2) is 4.85 Å². The van der Waals surface area contributed by atoms with Gasteiger partial charge in [0.25, 0.3) is 0 Å². The first-order chi connectivity index (χ1) is 20.7. The van der Waals surface area contributed by atoms with Gasteiger partial charge in [0.15, 0.2) is 5.69 Å². The molecule has 0 aliphatic heterocycles. The highest BCUT2D eigenvalue weighted by molar-refractivity contribution is 6.12. The number of fused-ring (bicyclic) bond motifs is 6. The van der Waals surface area contributed by atoms with E-state index in [1.54, 1.807) is 6.07 Å². The molecule has 0 bridgehead atoms. The van der Waals surface area contributed by atoms with Gasteiger partial charge in [-0.1, -0.05) is 66.7 Å². The highest BCUT2D eigenvalue weighted by atomic mass is 15.0. The summed E-state index contributed by atoms with van der Waals surface area (Å²) in [7, 11) is 0. The number of rotatable bonds is 3. The van der Waals surface area contributed by atoms with E-state index in [9.17, 15) is 5.26 Å². The highest BCUT2D eigenvalue weighted by Crippen LogP contribution is 2.38. The molecule has 0 amide bonds. The monoisotopic (exact) mass is 534 g/mol. The standard InChI is InChI=1S/C38H22N4/c1-40-28-19-25(24-39)20-30(23-28)42-36-14-8-6-12-32(36)34-22-27(16-18-38(34)42)26-15-17-37-33(21-26)31-11-5-7-13-35(31)41(37)29-9-3-2-4-10-29/h2-23H. The van der Waals surface area contributed by atoms with Crippen molar-refractivity contribution in [2.75, 3.05) is 0 Å². The zero-order valence-corrected chi connectivity index (χ0v) is 22.5. The van der Waals surface area contributed by atoms with Crippen LogP contribution in [-0.4, -0.2) is 9.13 Å². The van der Waals surface area contributed by atoms with E-state index in [4.69, 9.17) is 6.57 Å². The Labute approximate surface area is 242 Å². The number of hydrogen-bond acceptors (Lipinski definition) is 1. The summed E-state index contributed by atoms with van der Waals surface area (Å²) in [6.45, 7) is 7.55. The average molecular weight is 535 g/mol. The lowest BCUT2D eigenvalue weighted by molar-refractivity contribution is 1.18. The van der Waals surface area contributed by atoms with Crippen molar-refractivity contribution in [3.63, 3.8) is 0 Å². The number of para-hydroxylation sites is 3. The molecule has 2 aromatic heterocycles. The van der Waals surface area contributed by atoms with E-state index >= 15 is 0 Å². The smallest absolute Gasteiger partial charge is 0.190 e. The van der Waals surface area contributed by atoms with Crippen molar-refractivity contribution < 1.29 is 0 Å². The second kappa shape index (κ2) is 9.24. The SMILES string of the molecule is [C-]#[N+]c1cc(C#N)cc(-n2c3ccccc3c3cc(-c4ccc5c(c4)c4ccccc4n5-c4ccccc4)ccc32)c1. The van der Waals surface area contributed by atoms with Crippen molar-refractivity contribution in [2.24, 2.45) is 0 Å². The van der Waals surface area contributed by atoms with Crippen LogP contribution in [-0.2, 0) is 0 Å². The first kappa shape index (κ1) is 23.8. The Morgan fingerprint density at radius 1 is 0.500 bits per heavy atom. The van der Waals surface area contributed by atoms with Crippen LogP contribution >= 0.6 is 0 Å². The lowest BCUT2D eigenvalue weighted by atomic mass is 10.0. The largest absolute Gasteiger partial charge is 0.310 e. The van der Waals surface area contributed by atoms with Crippen LogP contribution in [0.5, 0.6) is 0 Å². The van der Waals surface area contributed by atoms with Crippen LogP contribution in [0.3, 0.4) is 0 Å². The Morgan fingerprint density at radius 2 is 1.02 bits per heavy atom. The summed E-state index contributed by atoms with van der Waals surface area (Å²) in [6, 6.07) is 48.3. The Hall–Kier alpha value is -6.10. The molecule has 0 N–H and O–H groups in total. The molecule has 0 saturated carbocycles. The molecule has 0 aliphatic rings. The minimum Gasteiger partial charge on any atom is -0.310 e. The predicted molar refractivity (Wildman–Crippen MR) is 172 cm³/mol. The third-order valence-corrected chi connectivity index (χ3v) is 8.11. The van der Waals surface area contributed by atoms with Gasteiger partial charge in [-0.3, -0.25) is 0 Å². The van der Waals surface area contributed by atoms with Crippen molar-refractivity contribution in [1.29, 1.82) is 5.26 Å². The summed E-state index contributed by atoms with van der Waals surface area (Å²) >= 11 is 0. The van der Waals surface area contributed by atoms with Gasteiger partial charge in [0, 0.05) is 38.5 Å². The lowest BCUT2D eigenvalue weighted by Crippen LogP contribution is -1.94. The molecular weight excluding hydrogens is 512 g/mol. The fraction of sp³-hybridized carbons (Fsp3) is 0. The summed E-state index contributed by atoms with van der Waals surface area (Å²) in [4.78, 5) is 3.61. The van der Waals surface area contributed by atoms with Crippen LogP contribution in [0.4, 0.5) is 5.69 Å². The number of aromatic nitrogens is 2. The minimum absolute atomic E-state index is 0.453. The van der Waals surface area contributed by atoms with E-state index in [0.29, 0.717) is 11.3 Å². The van der Waals surface area contributed by atoms with Crippen molar-refractivity contribution in [2.45, 2.75) is 0 Å². The van der Waals surface area contributed by atoms with Crippen molar-refractivity contribution in [1.82, 2.24) is 9.13 Å². The van der Waals surface area contributed by atoms with E-state index in [1.807, 2.05) is 24.3 Å². The van der Waals surface area contributed by atoms with E-state index in [0.717, 1.165) is 44.3 Å². The first-order valence-electron chi connectivity index (χ1n) is 13.8. The molecule has 4 nitrogen and oxygen atoms in total. The molecule has 0 radical (unpaired) electrons. The van der Waals surface area contributed by atoms with Crippen LogP contribution in [0.25, 0.3) is 71.0 Å². The molecule has 6 aromatic carbocycles. The van der Waals surface area contributed by atoms with Gasteiger partial charge in [0.1, 0.15) is 0 Å². The molecule has 42 heavy (non-hydrogen) atoms. The molecule has 0 spiro atoms. The van der Waals surface area contributed by atoms with Gasteiger partial charge in [-0.05, 0) is 77.9 Å². The molecule has 8 rings (SSSR count). The summed E-state index contributed by atoms with van der Waals surface area (Å²) < 4.78 is 4.48. The van der Waals surface area contributed by atoms with Crippen molar-refractivity contribution >= 4 is 49.3 Å². The average Bonchev–Trinajstić information content (AvgIpc) is 3.57. The number of nitrogens with zero attached hydrogens (tertiary/aromatic N) is 4. The third kappa shape index (κ3) is 3.53. The van der Waals surface area contributed by atoms with Crippen LogP contribution in [0.2, 0.25) is 0 Å². The Morgan fingerprint density at radius 3 is 1.60 bits per heavy atom. The lowest BCUT2D eigenvalue weighted by Gasteiger charge is -2.10. The molecule has 0 atom stereocenters. The number of hydrogen-bond donors (Lipinski definition) is 0. The normalized spacial score (nSPS) is 11.3. The Balaban J connectivity index is 1.35. The van der Waals surface area contributed by atoms with E-state index < -0.39 is 0 Å². The van der Waals surface area contributed by atoms with Gasteiger partial charge < -0.3 is 9.13 Å². The fourth-order valence-corrected chi connectivity index (χ4v) is 6.29. The summed E-state index contributed by atoms with van der Waals surface area (Å²) in [5.74, 6) is 0. The van der Waals surface area contributed by atoms with Crippen molar-refractivity contribution in [3.05, 3.63) is 150 Å². The highest BCUT2D eigenvalue weighted by Gasteiger charge is 2.16. The maximum absolute atomic E-state index is 9.61. The van der Waals surface area contributed by atoms with Crippen LogP contribution in [0.15, 0.2) is 133 Å². The zero-order valence-electron chi connectivity index (χ0n) is 22.5. The van der Waals surface area contributed by atoms with Gasteiger partial charge in [0.2, 0.25) is 0 Å². The van der Waals surface area contributed by atoms with Gasteiger partial charge in [-0.15, -0.1) is 0 Å². The topological polar surface area (TPSA) is 38.0 Å². The second-order valence-corrected chi connectivity index (χ2v) is 10.5. The summed E-state index contributed by atoms with van der Waals surface area (Å²) in [5.41, 5.74) is 9.62. The van der Waals surface area contributed by atoms with Gasteiger partial charge >= 0.3 is 0 Å². The van der Waals surface area contributed by atoms with E-state index in [2.05, 4.69) is 123 Å².